The lowest BCUT2D eigenvalue weighted by Crippen LogP contribution is -2.01. The van der Waals surface area contributed by atoms with Crippen LogP contribution < -0.4 is 15.8 Å². The fourth-order valence-corrected chi connectivity index (χ4v) is 1.56. The molecule has 0 bridgehead atoms. The smallest absolute Gasteiger partial charge is 0.225 e. The first-order valence-electron chi connectivity index (χ1n) is 4.88. The van der Waals surface area contributed by atoms with Crippen LogP contribution in [0, 0.1) is 0 Å². The molecule has 0 spiro atoms. The van der Waals surface area contributed by atoms with Gasteiger partial charge in [-0.2, -0.15) is 9.97 Å². The van der Waals surface area contributed by atoms with Gasteiger partial charge < -0.3 is 15.8 Å². The molecular weight excluding hydrogens is 284 g/mol. The van der Waals surface area contributed by atoms with Crippen molar-refractivity contribution in [3.8, 4) is 5.88 Å². The van der Waals surface area contributed by atoms with Crippen LogP contribution in [0.2, 0.25) is 0 Å². The largest absolute Gasteiger partial charge is 0.481 e. The van der Waals surface area contributed by atoms with E-state index in [9.17, 15) is 0 Å². The summed E-state index contributed by atoms with van der Waals surface area (Å²) in [7, 11) is 1.53. The number of hydrogen-bond donors (Lipinski definition) is 2. The summed E-state index contributed by atoms with van der Waals surface area (Å²) in [5.74, 6) is 1.19. The first-order valence-corrected chi connectivity index (χ1v) is 5.68. The number of methoxy groups -OCH3 is 1. The number of ether oxygens (including phenoxy) is 1. The van der Waals surface area contributed by atoms with E-state index < -0.39 is 0 Å². The SMILES string of the molecule is COc1cc(Nc2ccc(Br)cc2)nc(N)n1. The standard InChI is InChI=1S/C11H11BrN4O/c1-17-10-6-9(15-11(13)16-10)14-8-4-2-7(12)3-5-8/h2-6H,1H3,(H3,13,14,15,16). The van der Waals surface area contributed by atoms with E-state index in [2.05, 4.69) is 31.2 Å². The minimum absolute atomic E-state index is 0.170. The molecule has 6 heteroatoms. The molecule has 0 aliphatic rings. The predicted octanol–water partition coefficient (Wildman–Crippen LogP) is 2.57. The molecule has 0 atom stereocenters. The molecule has 0 unspecified atom stereocenters. The number of rotatable bonds is 3. The van der Waals surface area contributed by atoms with E-state index in [1.807, 2.05) is 24.3 Å². The highest BCUT2D eigenvalue weighted by Crippen LogP contribution is 2.20. The van der Waals surface area contributed by atoms with Crippen LogP contribution in [0.25, 0.3) is 0 Å². The molecule has 0 aliphatic heterocycles. The van der Waals surface area contributed by atoms with Gasteiger partial charge in [-0.3, -0.25) is 0 Å². The zero-order valence-electron chi connectivity index (χ0n) is 9.14. The monoisotopic (exact) mass is 294 g/mol. The fourth-order valence-electron chi connectivity index (χ4n) is 1.29. The lowest BCUT2D eigenvalue weighted by atomic mass is 10.3. The molecule has 0 radical (unpaired) electrons. The van der Waals surface area contributed by atoms with Crippen LogP contribution in [0.15, 0.2) is 34.8 Å². The quantitative estimate of drug-likeness (QED) is 0.910. The Hall–Kier alpha value is -1.82. The number of nitrogen functional groups attached to an aromatic ring is 1. The van der Waals surface area contributed by atoms with Crippen LogP contribution in [0.4, 0.5) is 17.5 Å². The normalized spacial score (nSPS) is 10.0. The zero-order chi connectivity index (χ0) is 12.3. The van der Waals surface area contributed by atoms with Crippen molar-refractivity contribution < 1.29 is 4.74 Å². The van der Waals surface area contributed by atoms with Crippen molar-refractivity contribution in [3.63, 3.8) is 0 Å². The minimum Gasteiger partial charge on any atom is -0.481 e. The van der Waals surface area contributed by atoms with Crippen LogP contribution in [0.3, 0.4) is 0 Å². The number of anilines is 3. The lowest BCUT2D eigenvalue weighted by Gasteiger charge is -2.07. The number of hydrogen-bond acceptors (Lipinski definition) is 5. The second kappa shape index (κ2) is 5.01. The van der Waals surface area contributed by atoms with Crippen LogP contribution in [0.5, 0.6) is 5.88 Å². The van der Waals surface area contributed by atoms with Gasteiger partial charge in [0, 0.05) is 16.2 Å². The molecule has 1 heterocycles. The van der Waals surface area contributed by atoms with Gasteiger partial charge in [-0.15, -0.1) is 0 Å². The van der Waals surface area contributed by atoms with Gasteiger partial charge in [-0.25, -0.2) is 0 Å². The maximum absolute atomic E-state index is 5.56. The number of nitrogens with zero attached hydrogens (tertiary/aromatic N) is 2. The Morgan fingerprint density at radius 1 is 1.24 bits per heavy atom. The predicted molar refractivity (Wildman–Crippen MR) is 70.4 cm³/mol. The maximum atomic E-state index is 5.56. The molecule has 0 saturated heterocycles. The third-order valence-electron chi connectivity index (χ3n) is 2.05. The van der Waals surface area contributed by atoms with Gasteiger partial charge in [0.1, 0.15) is 5.82 Å². The highest BCUT2D eigenvalue weighted by Gasteiger charge is 2.02. The van der Waals surface area contributed by atoms with E-state index in [0.29, 0.717) is 11.7 Å². The van der Waals surface area contributed by atoms with Gasteiger partial charge in [-0.05, 0) is 24.3 Å². The zero-order valence-corrected chi connectivity index (χ0v) is 10.7. The van der Waals surface area contributed by atoms with Gasteiger partial charge in [0.2, 0.25) is 11.8 Å². The van der Waals surface area contributed by atoms with Crippen molar-refractivity contribution >= 4 is 33.4 Å². The molecule has 5 nitrogen and oxygen atoms in total. The Morgan fingerprint density at radius 2 is 1.94 bits per heavy atom. The van der Waals surface area contributed by atoms with Gasteiger partial charge in [0.25, 0.3) is 0 Å². The number of halogens is 1. The Labute approximate surface area is 107 Å². The molecule has 0 saturated carbocycles. The van der Waals surface area contributed by atoms with E-state index >= 15 is 0 Å². The summed E-state index contributed by atoms with van der Waals surface area (Å²) in [6, 6.07) is 9.40. The fraction of sp³-hybridized carbons (Fsp3) is 0.0909. The van der Waals surface area contributed by atoms with Crippen molar-refractivity contribution in [2.45, 2.75) is 0 Å². The van der Waals surface area contributed by atoms with Gasteiger partial charge in [0.15, 0.2) is 0 Å². The minimum atomic E-state index is 0.170. The van der Waals surface area contributed by atoms with Crippen molar-refractivity contribution in [2.75, 3.05) is 18.2 Å². The van der Waals surface area contributed by atoms with E-state index in [0.717, 1.165) is 10.2 Å². The molecule has 1 aromatic carbocycles. The summed E-state index contributed by atoms with van der Waals surface area (Å²) in [6.45, 7) is 0. The maximum Gasteiger partial charge on any atom is 0.225 e. The molecule has 0 aliphatic carbocycles. The van der Waals surface area contributed by atoms with E-state index in [1.165, 1.54) is 7.11 Å². The first kappa shape index (κ1) is 11.7. The summed E-state index contributed by atoms with van der Waals surface area (Å²) >= 11 is 3.37. The number of nitrogens with one attached hydrogen (secondary N) is 1. The Balaban J connectivity index is 2.23. The third-order valence-corrected chi connectivity index (χ3v) is 2.57. The summed E-state index contributed by atoms with van der Waals surface area (Å²) in [5.41, 5.74) is 6.47. The van der Waals surface area contributed by atoms with Crippen molar-refractivity contribution in [2.24, 2.45) is 0 Å². The van der Waals surface area contributed by atoms with Crippen LogP contribution in [-0.4, -0.2) is 17.1 Å². The van der Waals surface area contributed by atoms with Crippen LogP contribution in [-0.2, 0) is 0 Å². The lowest BCUT2D eigenvalue weighted by molar-refractivity contribution is 0.398. The summed E-state index contributed by atoms with van der Waals surface area (Å²) < 4.78 is 6.03. The molecule has 3 N–H and O–H groups in total. The van der Waals surface area contributed by atoms with E-state index in [1.54, 1.807) is 6.07 Å². The number of benzene rings is 1. The van der Waals surface area contributed by atoms with Gasteiger partial charge in [-0.1, -0.05) is 15.9 Å². The number of nitrogens with two attached hydrogens (primary N) is 1. The number of aromatic nitrogens is 2. The van der Waals surface area contributed by atoms with Crippen molar-refractivity contribution in [3.05, 3.63) is 34.8 Å². The molecule has 0 amide bonds. The van der Waals surface area contributed by atoms with Crippen molar-refractivity contribution in [1.82, 2.24) is 9.97 Å². The molecule has 1 aromatic heterocycles. The molecule has 17 heavy (non-hydrogen) atoms. The third kappa shape index (κ3) is 3.07. The molecule has 2 aromatic rings. The second-order valence-corrected chi connectivity index (χ2v) is 4.20. The van der Waals surface area contributed by atoms with Crippen molar-refractivity contribution in [1.29, 1.82) is 0 Å². The molecule has 2 rings (SSSR count). The van der Waals surface area contributed by atoms with Crippen LogP contribution in [0.1, 0.15) is 0 Å². The summed E-state index contributed by atoms with van der Waals surface area (Å²) in [6.07, 6.45) is 0. The van der Waals surface area contributed by atoms with Gasteiger partial charge in [0.05, 0.1) is 7.11 Å². The van der Waals surface area contributed by atoms with E-state index in [-0.39, 0.29) is 5.95 Å². The summed E-state index contributed by atoms with van der Waals surface area (Å²) in [5, 5.41) is 3.11. The summed E-state index contributed by atoms with van der Waals surface area (Å²) in [4.78, 5) is 7.97. The second-order valence-electron chi connectivity index (χ2n) is 3.29. The van der Waals surface area contributed by atoms with E-state index in [4.69, 9.17) is 10.5 Å². The highest BCUT2D eigenvalue weighted by molar-refractivity contribution is 9.10. The van der Waals surface area contributed by atoms with Gasteiger partial charge >= 0.3 is 0 Å². The molecular formula is C11H11BrN4O. The first-order chi connectivity index (χ1) is 8.17. The topological polar surface area (TPSA) is 73.1 Å². The Kier molecular flexibility index (Phi) is 3.43. The average Bonchev–Trinajstić information content (AvgIpc) is 2.31. The Morgan fingerprint density at radius 3 is 2.59 bits per heavy atom. The average molecular weight is 295 g/mol. The van der Waals surface area contributed by atoms with Crippen LogP contribution >= 0.6 is 15.9 Å². The molecule has 0 fully saturated rings. The highest BCUT2D eigenvalue weighted by atomic mass is 79.9. The Bertz CT molecular complexity index is 515. The molecule has 88 valence electrons.